The summed E-state index contributed by atoms with van der Waals surface area (Å²) in [6.45, 7) is 4.86. The van der Waals surface area contributed by atoms with Crippen molar-refractivity contribution in [3.05, 3.63) is 23.8 Å². The molecule has 0 radical (unpaired) electrons. The third-order valence-corrected chi connectivity index (χ3v) is 4.84. The molecule has 1 aromatic rings. The molecule has 4 nitrogen and oxygen atoms in total. The second-order valence-electron chi connectivity index (χ2n) is 7.13. The van der Waals surface area contributed by atoms with E-state index in [1.165, 1.54) is 32.4 Å². The number of likely N-dealkylation sites (tertiary alicyclic amines) is 1. The van der Waals surface area contributed by atoms with Crippen molar-refractivity contribution in [2.24, 2.45) is 5.92 Å². The maximum atomic E-state index is 12.4. The van der Waals surface area contributed by atoms with Crippen LogP contribution in [0.25, 0.3) is 0 Å². The molecule has 1 N–H and O–H groups in total. The molecule has 1 atom stereocenters. The van der Waals surface area contributed by atoms with Gasteiger partial charge in [0.15, 0.2) is 18.1 Å². The normalized spacial score (nSPS) is 21.2. The Kier molecular flexibility index (Phi) is 6.29. The lowest BCUT2D eigenvalue weighted by molar-refractivity contribution is -0.153. The summed E-state index contributed by atoms with van der Waals surface area (Å²) in [5.74, 6) is 1.16. The molecule has 2 aliphatic rings. The van der Waals surface area contributed by atoms with Crippen LogP contribution in [0.2, 0.25) is 0 Å². The van der Waals surface area contributed by atoms with Gasteiger partial charge in [-0.15, -0.1) is 0 Å². The molecule has 0 aromatic heterocycles. The highest BCUT2D eigenvalue weighted by Crippen LogP contribution is 2.32. The maximum absolute atomic E-state index is 12.4. The molecule has 1 unspecified atom stereocenters. The number of ether oxygens (including phenoxy) is 2. The fourth-order valence-corrected chi connectivity index (χ4v) is 3.43. The number of nitrogens with zero attached hydrogens (tertiary/aromatic N) is 1. The monoisotopic (exact) mass is 372 g/mol. The highest BCUT2D eigenvalue weighted by molar-refractivity contribution is 5.43. The van der Waals surface area contributed by atoms with E-state index in [0.717, 1.165) is 18.2 Å². The first-order valence-corrected chi connectivity index (χ1v) is 9.34. The van der Waals surface area contributed by atoms with Gasteiger partial charge >= 0.3 is 6.18 Å². The number of benzene rings is 1. The Hall–Kier alpha value is -1.47. The van der Waals surface area contributed by atoms with Crippen LogP contribution in [0.5, 0.6) is 11.5 Å². The maximum Gasteiger partial charge on any atom is 0.422 e. The van der Waals surface area contributed by atoms with E-state index < -0.39 is 12.8 Å². The number of halogens is 3. The third-order valence-electron chi connectivity index (χ3n) is 4.84. The Labute approximate surface area is 152 Å². The van der Waals surface area contributed by atoms with Crippen LogP contribution in [-0.2, 0) is 6.54 Å². The Morgan fingerprint density at radius 3 is 2.65 bits per heavy atom. The van der Waals surface area contributed by atoms with Gasteiger partial charge in [0.05, 0.1) is 6.61 Å². The lowest BCUT2D eigenvalue weighted by atomic mass is 10.1. The SMILES string of the molecule is CCOc1cc(CNCC2CCN(C3CC3)C2)ccc1OCC(F)(F)F. The van der Waals surface area contributed by atoms with Crippen LogP contribution in [0, 0.1) is 5.92 Å². The molecule has 7 heteroatoms. The average Bonchev–Trinajstić information content (AvgIpc) is 3.33. The zero-order valence-corrected chi connectivity index (χ0v) is 15.1. The van der Waals surface area contributed by atoms with Crippen LogP contribution in [0.15, 0.2) is 18.2 Å². The number of hydrogen-bond acceptors (Lipinski definition) is 4. The topological polar surface area (TPSA) is 33.7 Å². The first-order chi connectivity index (χ1) is 12.4. The summed E-state index contributed by atoms with van der Waals surface area (Å²) in [4.78, 5) is 2.59. The summed E-state index contributed by atoms with van der Waals surface area (Å²) in [7, 11) is 0. The van der Waals surface area contributed by atoms with Crippen molar-refractivity contribution in [1.82, 2.24) is 10.2 Å². The molecule has 1 aromatic carbocycles. The van der Waals surface area contributed by atoms with Gasteiger partial charge in [-0.05, 0) is 62.9 Å². The summed E-state index contributed by atoms with van der Waals surface area (Å²) in [6.07, 6.45) is -0.427. The van der Waals surface area contributed by atoms with E-state index in [1.54, 1.807) is 25.1 Å². The van der Waals surface area contributed by atoms with Crippen LogP contribution in [0.3, 0.4) is 0 Å². The standard InChI is InChI=1S/C19H27F3N2O2/c1-2-25-18-9-14(3-6-17(18)26-13-19(20,21)22)10-23-11-15-7-8-24(12-15)16-4-5-16/h3,6,9,15-16,23H,2,4-5,7-8,10-13H2,1H3. The Bertz CT molecular complexity index is 591. The van der Waals surface area contributed by atoms with E-state index in [9.17, 15) is 13.2 Å². The Morgan fingerprint density at radius 2 is 1.96 bits per heavy atom. The molecule has 1 aliphatic heterocycles. The van der Waals surface area contributed by atoms with Crippen molar-refractivity contribution in [1.29, 1.82) is 0 Å². The lowest BCUT2D eigenvalue weighted by Crippen LogP contribution is -2.27. The summed E-state index contributed by atoms with van der Waals surface area (Å²) < 4.78 is 47.4. The molecule has 0 amide bonds. The van der Waals surface area contributed by atoms with Gasteiger partial charge in [-0.25, -0.2) is 0 Å². The van der Waals surface area contributed by atoms with Gasteiger partial charge in [0.2, 0.25) is 0 Å². The van der Waals surface area contributed by atoms with Crippen LogP contribution in [-0.4, -0.2) is 50.0 Å². The number of hydrogen-bond donors (Lipinski definition) is 1. The predicted octanol–water partition coefficient (Wildman–Crippen LogP) is 3.60. The molecule has 146 valence electrons. The molecule has 0 bridgehead atoms. The number of rotatable bonds is 9. The van der Waals surface area contributed by atoms with Gasteiger partial charge in [-0.1, -0.05) is 6.07 Å². The predicted molar refractivity (Wildman–Crippen MR) is 93.6 cm³/mol. The van der Waals surface area contributed by atoms with Crippen LogP contribution >= 0.6 is 0 Å². The summed E-state index contributed by atoms with van der Waals surface area (Å²) in [5.41, 5.74) is 0.977. The molecule has 1 heterocycles. The van der Waals surface area contributed by atoms with Crippen molar-refractivity contribution >= 4 is 0 Å². The number of nitrogens with one attached hydrogen (secondary N) is 1. The van der Waals surface area contributed by atoms with E-state index in [4.69, 9.17) is 9.47 Å². The van der Waals surface area contributed by atoms with Gasteiger partial charge in [-0.3, -0.25) is 0 Å². The quantitative estimate of drug-likeness (QED) is 0.718. The summed E-state index contributed by atoms with van der Waals surface area (Å²) >= 11 is 0. The molecular formula is C19H27F3N2O2. The van der Waals surface area contributed by atoms with Crippen molar-refractivity contribution in [2.45, 2.75) is 44.9 Å². The van der Waals surface area contributed by atoms with Gasteiger partial charge in [-0.2, -0.15) is 13.2 Å². The van der Waals surface area contributed by atoms with E-state index in [1.807, 2.05) is 0 Å². The zero-order chi connectivity index (χ0) is 18.6. The highest BCUT2D eigenvalue weighted by Gasteiger charge is 2.34. The van der Waals surface area contributed by atoms with Crippen LogP contribution < -0.4 is 14.8 Å². The first kappa shape index (κ1) is 19.3. The molecule has 3 rings (SSSR count). The minimum atomic E-state index is -4.36. The zero-order valence-electron chi connectivity index (χ0n) is 15.1. The van der Waals surface area contributed by atoms with Gasteiger partial charge in [0.25, 0.3) is 0 Å². The average molecular weight is 372 g/mol. The van der Waals surface area contributed by atoms with E-state index in [2.05, 4.69) is 10.2 Å². The Morgan fingerprint density at radius 1 is 1.15 bits per heavy atom. The lowest BCUT2D eigenvalue weighted by Gasteiger charge is -2.16. The van der Waals surface area contributed by atoms with Gasteiger partial charge in [0.1, 0.15) is 0 Å². The van der Waals surface area contributed by atoms with Crippen molar-refractivity contribution < 1.29 is 22.6 Å². The fraction of sp³-hybridized carbons (Fsp3) is 0.684. The largest absolute Gasteiger partial charge is 0.490 e. The van der Waals surface area contributed by atoms with Crippen LogP contribution in [0.1, 0.15) is 31.7 Å². The van der Waals surface area contributed by atoms with E-state index in [0.29, 0.717) is 24.8 Å². The second kappa shape index (κ2) is 8.48. The number of alkyl halides is 3. The van der Waals surface area contributed by atoms with Crippen LogP contribution in [0.4, 0.5) is 13.2 Å². The minimum absolute atomic E-state index is 0.129. The molecule has 26 heavy (non-hydrogen) atoms. The summed E-state index contributed by atoms with van der Waals surface area (Å²) in [6, 6.07) is 5.93. The first-order valence-electron chi connectivity index (χ1n) is 9.34. The molecule has 2 fully saturated rings. The molecule has 1 saturated carbocycles. The highest BCUT2D eigenvalue weighted by atomic mass is 19.4. The fourth-order valence-electron chi connectivity index (χ4n) is 3.43. The van der Waals surface area contributed by atoms with Gasteiger partial charge < -0.3 is 19.7 Å². The third kappa shape index (κ3) is 5.77. The van der Waals surface area contributed by atoms with Crippen molar-refractivity contribution in [2.75, 3.05) is 32.8 Å². The smallest absolute Gasteiger partial charge is 0.422 e. The minimum Gasteiger partial charge on any atom is -0.490 e. The molecule has 1 aliphatic carbocycles. The van der Waals surface area contributed by atoms with E-state index in [-0.39, 0.29) is 5.75 Å². The second-order valence-corrected chi connectivity index (χ2v) is 7.13. The van der Waals surface area contributed by atoms with Gasteiger partial charge in [0, 0.05) is 19.1 Å². The van der Waals surface area contributed by atoms with Crippen molar-refractivity contribution in [3.63, 3.8) is 0 Å². The molecular weight excluding hydrogens is 345 g/mol. The van der Waals surface area contributed by atoms with Crippen molar-refractivity contribution in [3.8, 4) is 11.5 Å². The summed E-state index contributed by atoms with van der Waals surface area (Å²) in [5, 5.41) is 3.47. The Balaban J connectivity index is 1.48. The molecule has 0 spiro atoms. The molecule has 1 saturated heterocycles. The van der Waals surface area contributed by atoms with E-state index >= 15 is 0 Å².